The molecule has 0 atom stereocenters. The number of carbonyl (C=O) groups excluding carboxylic acids is 1. The molecule has 3 rings (SSSR count). The van der Waals surface area contributed by atoms with Gasteiger partial charge in [-0.2, -0.15) is 0 Å². The average Bonchev–Trinajstić information content (AvgIpc) is 2.93. The molecular formula is C15H14N2O. The summed E-state index contributed by atoms with van der Waals surface area (Å²) in [4.78, 5) is 12.0. The smallest absolute Gasteiger partial charge is 0.208 e. The number of Topliss-reactive ketones (excluding diaryl/α,β-unsaturated/α-hetero) is 1. The van der Waals surface area contributed by atoms with Gasteiger partial charge in [0.1, 0.15) is 0 Å². The third kappa shape index (κ3) is 1.84. The monoisotopic (exact) mass is 238 g/mol. The van der Waals surface area contributed by atoms with E-state index in [1.54, 1.807) is 6.20 Å². The number of hydrogen-bond acceptors (Lipinski definition) is 2. The van der Waals surface area contributed by atoms with Crippen molar-refractivity contribution in [2.75, 3.05) is 5.32 Å². The van der Waals surface area contributed by atoms with E-state index in [1.807, 2.05) is 47.2 Å². The lowest BCUT2D eigenvalue weighted by Crippen LogP contribution is -1.99. The third-order valence-corrected chi connectivity index (χ3v) is 3.16. The van der Waals surface area contributed by atoms with Crippen molar-refractivity contribution in [2.24, 2.45) is 0 Å². The summed E-state index contributed by atoms with van der Waals surface area (Å²) in [5.41, 5.74) is 3.79. The predicted molar refractivity (Wildman–Crippen MR) is 71.6 cm³/mol. The van der Waals surface area contributed by atoms with Gasteiger partial charge in [0.05, 0.1) is 12.2 Å². The van der Waals surface area contributed by atoms with Gasteiger partial charge in [-0.25, -0.2) is 0 Å². The van der Waals surface area contributed by atoms with Crippen LogP contribution in [-0.4, -0.2) is 10.4 Å². The number of anilines is 1. The fourth-order valence-electron chi connectivity index (χ4n) is 2.11. The fraction of sp³-hybridized carbons (Fsp3) is 0.133. The summed E-state index contributed by atoms with van der Waals surface area (Å²) >= 11 is 0. The van der Waals surface area contributed by atoms with E-state index in [1.165, 1.54) is 5.56 Å². The first-order valence-electron chi connectivity index (χ1n) is 5.96. The molecule has 1 aliphatic rings. The van der Waals surface area contributed by atoms with Crippen LogP contribution >= 0.6 is 0 Å². The molecule has 2 aromatic rings. The highest BCUT2D eigenvalue weighted by Crippen LogP contribution is 2.20. The Bertz CT molecular complexity index is 620. The molecule has 1 aromatic carbocycles. The van der Waals surface area contributed by atoms with E-state index in [-0.39, 0.29) is 5.78 Å². The molecule has 2 heterocycles. The van der Waals surface area contributed by atoms with Gasteiger partial charge in [0.25, 0.3) is 0 Å². The first kappa shape index (κ1) is 10.8. The van der Waals surface area contributed by atoms with Crippen molar-refractivity contribution in [3.05, 3.63) is 65.6 Å². The number of carbonyl (C=O) groups is 1. The van der Waals surface area contributed by atoms with Crippen LogP contribution in [0.5, 0.6) is 0 Å². The van der Waals surface area contributed by atoms with Gasteiger partial charge in [0, 0.05) is 23.7 Å². The highest BCUT2D eigenvalue weighted by Gasteiger charge is 2.23. The second kappa shape index (κ2) is 4.18. The van der Waals surface area contributed by atoms with Gasteiger partial charge < -0.3 is 9.88 Å². The Morgan fingerprint density at radius 2 is 2.00 bits per heavy atom. The van der Waals surface area contributed by atoms with Crippen molar-refractivity contribution in [3.8, 4) is 0 Å². The van der Waals surface area contributed by atoms with Crippen molar-refractivity contribution < 1.29 is 4.79 Å². The molecule has 0 aliphatic carbocycles. The Labute approximate surface area is 106 Å². The van der Waals surface area contributed by atoms with Crippen LogP contribution in [-0.2, 0) is 6.54 Å². The van der Waals surface area contributed by atoms with Crippen LogP contribution in [0.25, 0.3) is 0 Å². The number of nitrogens with zero attached hydrogens (tertiary/aromatic N) is 1. The lowest BCUT2D eigenvalue weighted by Gasteiger charge is -2.02. The highest BCUT2D eigenvalue weighted by molar-refractivity contribution is 6.09. The number of hydrogen-bond donors (Lipinski definition) is 1. The zero-order valence-electron chi connectivity index (χ0n) is 10.2. The summed E-state index contributed by atoms with van der Waals surface area (Å²) < 4.78 is 1.96. The van der Waals surface area contributed by atoms with E-state index in [4.69, 9.17) is 0 Å². The molecule has 0 saturated carbocycles. The molecule has 90 valence electrons. The molecule has 0 spiro atoms. The van der Waals surface area contributed by atoms with E-state index in [9.17, 15) is 4.79 Å². The molecule has 3 nitrogen and oxygen atoms in total. The molecule has 3 heteroatoms. The molecule has 1 aliphatic heterocycles. The second-order valence-electron chi connectivity index (χ2n) is 4.53. The summed E-state index contributed by atoms with van der Waals surface area (Å²) in [7, 11) is 0. The minimum atomic E-state index is 0.111. The van der Waals surface area contributed by atoms with Crippen LogP contribution in [0.3, 0.4) is 0 Å². The van der Waals surface area contributed by atoms with E-state index in [0.717, 1.165) is 17.0 Å². The standard InChI is InChI=1S/C15H14N2O/c1-11-4-6-13(7-5-11)16-9-12-10-17-8-2-3-14(17)15(12)18/h2-9,16H,10H2,1H3/b12-9-. The quantitative estimate of drug-likeness (QED) is 0.816. The van der Waals surface area contributed by atoms with Crippen molar-refractivity contribution in [3.63, 3.8) is 0 Å². The minimum absolute atomic E-state index is 0.111. The lowest BCUT2D eigenvalue weighted by molar-refractivity contribution is 0.103. The Hall–Kier alpha value is -2.29. The summed E-state index contributed by atoms with van der Waals surface area (Å²) in [5, 5.41) is 3.17. The zero-order chi connectivity index (χ0) is 12.5. The van der Waals surface area contributed by atoms with Crippen molar-refractivity contribution >= 4 is 11.5 Å². The van der Waals surface area contributed by atoms with E-state index >= 15 is 0 Å². The van der Waals surface area contributed by atoms with Crippen molar-refractivity contribution in [2.45, 2.75) is 13.5 Å². The summed E-state index contributed by atoms with van der Waals surface area (Å²) in [6.07, 6.45) is 3.74. The van der Waals surface area contributed by atoms with Crippen LogP contribution in [0.4, 0.5) is 5.69 Å². The fourth-order valence-corrected chi connectivity index (χ4v) is 2.11. The van der Waals surface area contributed by atoms with Gasteiger partial charge in [-0.3, -0.25) is 4.79 Å². The molecule has 0 unspecified atom stereocenters. The Morgan fingerprint density at radius 1 is 1.22 bits per heavy atom. The summed E-state index contributed by atoms with van der Waals surface area (Å²) in [5.74, 6) is 0.111. The van der Waals surface area contributed by atoms with Crippen molar-refractivity contribution in [1.29, 1.82) is 0 Å². The Kier molecular flexibility index (Phi) is 2.52. The molecule has 1 N–H and O–H groups in total. The molecule has 0 bridgehead atoms. The van der Waals surface area contributed by atoms with Crippen LogP contribution in [0, 0.1) is 6.92 Å². The Morgan fingerprint density at radius 3 is 2.72 bits per heavy atom. The SMILES string of the molecule is Cc1ccc(N/C=C2/Cn3cccc3C2=O)cc1. The first-order chi connectivity index (χ1) is 8.74. The highest BCUT2D eigenvalue weighted by atomic mass is 16.1. The second-order valence-corrected chi connectivity index (χ2v) is 4.53. The van der Waals surface area contributed by atoms with E-state index in [2.05, 4.69) is 12.2 Å². The third-order valence-electron chi connectivity index (χ3n) is 3.16. The van der Waals surface area contributed by atoms with Gasteiger partial charge in [-0.05, 0) is 31.2 Å². The van der Waals surface area contributed by atoms with Crippen LogP contribution in [0.15, 0.2) is 54.4 Å². The van der Waals surface area contributed by atoms with Gasteiger partial charge in [-0.1, -0.05) is 17.7 Å². The molecule has 0 amide bonds. The number of allylic oxidation sites excluding steroid dienone is 1. The maximum absolute atomic E-state index is 12.0. The van der Waals surface area contributed by atoms with Crippen LogP contribution in [0.2, 0.25) is 0 Å². The maximum Gasteiger partial charge on any atom is 0.208 e. The molecule has 18 heavy (non-hydrogen) atoms. The first-order valence-corrected chi connectivity index (χ1v) is 5.96. The number of aromatic nitrogens is 1. The molecule has 0 fully saturated rings. The van der Waals surface area contributed by atoms with Gasteiger partial charge in [0.15, 0.2) is 0 Å². The molecule has 1 aromatic heterocycles. The average molecular weight is 238 g/mol. The maximum atomic E-state index is 12.0. The van der Waals surface area contributed by atoms with Gasteiger partial charge in [0.2, 0.25) is 5.78 Å². The number of ketones is 1. The molecule has 0 saturated heterocycles. The molecular weight excluding hydrogens is 224 g/mol. The normalized spacial score (nSPS) is 16.1. The lowest BCUT2D eigenvalue weighted by atomic mass is 10.2. The number of aryl methyl sites for hydroxylation is 1. The zero-order valence-corrected chi connectivity index (χ0v) is 10.2. The summed E-state index contributed by atoms with van der Waals surface area (Å²) in [6, 6.07) is 11.9. The van der Waals surface area contributed by atoms with E-state index in [0.29, 0.717) is 6.54 Å². The van der Waals surface area contributed by atoms with Crippen LogP contribution in [0.1, 0.15) is 16.1 Å². The molecule has 0 radical (unpaired) electrons. The number of rotatable bonds is 2. The topological polar surface area (TPSA) is 34.0 Å². The van der Waals surface area contributed by atoms with Gasteiger partial charge in [-0.15, -0.1) is 0 Å². The summed E-state index contributed by atoms with van der Waals surface area (Å²) in [6.45, 7) is 2.70. The van der Waals surface area contributed by atoms with E-state index < -0.39 is 0 Å². The number of benzene rings is 1. The number of nitrogens with one attached hydrogen (secondary N) is 1. The number of fused-ring (bicyclic) bond motifs is 1. The van der Waals surface area contributed by atoms with Crippen LogP contribution < -0.4 is 5.32 Å². The largest absolute Gasteiger partial charge is 0.361 e. The Balaban J connectivity index is 1.77. The predicted octanol–water partition coefficient (Wildman–Crippen LogP) is 2.99. The van der Waals surface area contributed by atoms with Crippen molar-refractivity contribution in [1.82, 2.24) is 4.57 Å². The van der Waals surface area contributed by atoms with Gasteiger partial charge >= 0.3 is 0 Å². The minimum Gasteiger partial charge on any atom is -0.361 e.